The number of nitrogen functional groups attached to an aromatic ring is 1. The number of hydrogen-bond acceptors (Lipinski definition) is 15. The number of nitrogens with zero attached hydrogens (tertiary/aromatic N) is 6. The van der Waals surface area contributed by atoms with Crippen LogP contribution in [0.3, 0.4) is 0 Å². The van der Waals surface area contributed by atoms with Crippen LogP contribution in [0.5, 0.6) is 17.2 Å². The molecular formula is C57H71N9O10. The molecule has 19 nitrogen and oxygen atoms in total. The van der Waals surface area contributed by atoms with Gasteiger partial charge in [-0.05, 0) is 84.3 Å². The molecule has 0 saturated carbocycles. The standard InChI is InChI=1S/C57H71N9O10/c1-39(2)54-57(70)62-44(36-67)32-43-17-20-48(33-49(43)64(54)3)75-37-41-13-11-40(12-14-41)34-59-50(68)21-24-71-26-28-73-30-31-74-29-27-72-25-22-51(69)65-23-7-8-45(35-65)66-56-52(55(58)60-38-61-56)53(63-66)42-15-18-47(19-16-42)76-46-9-5-4-6-10-46/h4-6,9-20,33,38-39,44-45,54,67H,7-8,21-32,34-37H2,1-3H3,(H,59,68)(H,62,70)(H2,58,60,61)/t44-,45+,54-/m0/s1. The molecule has 404 valence electrons. The highest BCUT2D eigenvalue weighted by molar-refractivity contribution is 5.98. The number of amides is 3. The monoisotopic (exact) mass is 1040 g/mol. The number of benzene rings is 4. The molecule has 0 aliphatic carbocycles. The Balaban J connectivity index is 0.645. The highest BCUT2D eigenvalue weighted by Gasteiger charge is 2.33. The van der Waals surface area contributed by atoms with Crippen LogP contribution in [0.4, 0.5) is 11.5 Å². The number of ether oxygens (including phenoxy) is 6. The summed E-state index contributed by atoms with van der Waals surface area (Å²) in [5, 5.41) is 21.5. The van der Waals surface area contributed by atoms with E-state index in [1.54, 1.807) is 0 Å². The maximum atomic E-state index is 13.3. The molecule has 19 heteroatoms. The van der Waals surface area contributed by atoms with Crippen molar-refractivity contribution in [1.82, 2.24) is 35.3 Å². The smallest absolute Gasteiger partial charge is 0.243 e. The van der Waals surface area contributed by atoms with Crippen LogP contribution >= 0.6 is 0 Å². The van der Waals surface area contributed by atoms with Gasteiger partial charge in [0.2, 0.25) is 17.7 Å². The number of aliphatic hydroxyl groups excluding tert-OH is 1. The summed E-state index contributed by atoms with van der Waals surface area (Å²) in [6.45, 7) is 8.63. The SMILES string of the molecule is CC(C)[C@H]1C(=O)N[C@H](CO)Cc2ccc(OCc3ccc(CNC(=O)CCOCCOCCOCCOCCC(=O)N4CCC[C@@H](n5nc(-c6ccc(Oc7ccccc7)cc6)c6c(N)ncnc65)C4)cc3)cc2N1C. The fourth-order valence-corrected chi connectivity index (χ4v) is 9.52. The van der Waals surface area contributed by atoms with Crippen molar-refractivity contribution in [3.05, 3.63) is 120 Å². The highest BCUT2D eigenvalue weighted by Crippen LogP contribution is 2.36. The van der Waals surface area contributed by atoms with Crippen LogP contribution in [0.2, 0.25) is 0 Å². The normalized spacial score (nSPS) is 16.8. The van der Waals surface area contributed by atoms with Crippen LogP contribution in [0.1, 0.15) is 62.3 Å². The molecule has 1 fully saturated rings. The zero-order valence-electron chi connectivity index (χ0n) is 43.7. The van der Waals surface area contributed by atoms with Crippen LogP contribution in [-0.2, 0) is 52.9 Å². The van der Waals surface area contributed by atoms with E-state index in [0.717, 1.165) is 46.5 Å². The first-order valence-electron chi connectivity index (χ1n) is 26.2. The minimum absolute atomic E-state index is 0.0217. The number of hydrogen-bond donors (Lipinski definition) is 4. The number of likely N-dealkylation sites (N-methyl/N-ethyl adjacent to an activating group) is 1. The predicted octanol–water partition coefficient (Wildman–Crippen LogP) is 6.27. The number of aliphatic hydroxyl groups is 1. The molecular weight excluding hydrogens is 971 g/mol. The number of likely N-dealkylation sites (tertiary alicyclic amines) is 1. The summed E-state index contributed by atoms with van der Waals surface area (Å²) in [5.74, 6) is 2.37. The van der Waals surface area contributed by atoms with Gasteiger partial charge in [-0.25, -0.2) is 14.6 Å². The lowest BCUT2D eigenvalue weighted by atomic mass is 9.95. The first-order chi connectivity index (χ1) is 37.0. The maximum Gasteiger partial charge on any atom is 0.243 e. The van der Waals surface area contributed by atoms with E-state index in [4.69, 9.17) is 39.3 Å². The van der Waals surface area contributed by atoms with Crippen molar-refractivity contribution in [1.29, 1.82) is 0 Å². The molecule has 8 rings (SSSR count). The number of anilines is 2. The van der Waals surface area contributed by atoms with E-state index >= 15 is 0 Å². The van der Waals surface area contributed by atoms with Gasteiger partial charge in [0.05, 0.1) is 83.4 Å². The van der Waals surface area contributed by atoms with E-state index in [0.29, 0.717) is 106 Å². The van der Waals surface area contributed by atoms with Gasteiger partial charge in [-0.2, -0.15) is 5.10 Å². The second kappa shape index (κ2) is 27.6. The van der Waals surface area contributed by atoms with Gasteiger partial charge in [0.15, 0.2) is 5.65 Å². The minimum atomic E-state index is -0.382. The molecule has 0 bridgehead atoms. The fraction of sp³-hybridized carbons (Fsp3) is 0.439. The topological polar surface area (TPSA) is 227 Å². The molecule has 3 amide bonds. The van der Waals surface area contributed by atoms with E-state index in [2.05, 4.69) is 20.6 Å². The average Bonchev–Trinajstić information content (AvgIpc) is 3.87. The molecule has 4 aromatic carbocycles. The summed E-state index contributed by atoms with van der Waals surface area (Å²) >= 11 is 0. The largest absolute Gasteiger partial charge is 0.489 e. The lowest BCUT2D eigenvalue weighted by molar-refractivity contribution is -0.134. The van der Waals surface area contributed by atoms with E-state index in [1.165, 1.54) is 6.33 Å². The molecule has 2 aliphatic heterocycles. The first kappa shape index (κ1) is 55.1. The van der Waals surface area contributed by atoms with E-state index in [-0.39, 0.29) is 74.4 Å². The molecule has 3 atom stereocenters. The third-order valence-corrected chi connectivity index (χ3v) is 13.5. The van der Waals surface area contributed by atoms with Crippen molar-refractivity contribution in [3.63, 3.8) is 0 Å². The van der Waals surface area contributed by atoms with E-state index in [1.807, 2.05) is 132 Å². The van der Waals surface area contributed by atoms with Gasteiger partial charge in [0.1, 0.15) is 47.7 Å². The number of fused-ring (bicyclic) bond motifs is 2. The number of piperidine rings is 1. The number of nitrogens with two attached hydrogens (primary N) is 1. The van der Waals surface area contributed by atoms with Crippen LogP contribution in [-0.4, -0.2) is 139 Å². The molecule has 0 unspecified atom stereocenters. The third kappa shape index (κ3) is 15.0. The number of carbonyl (C=O) groups is 3. The van der Waals surface area contributed by atoms with Gasteiger partial charge in [0, 0.05) is 50.4 Å². The van der Waals surface area contributed by atoms with Crippen molar-refractivity contribution in [2.75, 3.05) is 90.2 Å². The molecule has 76 heavy (non-hydrogen) atoms. The Hall–Kier alpha value is -7.16. The number of nitrogens with one attached hydrogen (secondary N) is 2. The lowest BCUT2D eigenvalue weighted by Gasteiger charge is -2.37. The van der Waals surface area contributed by atoms with Gasteiger partial charge in [-0.1, -0.05) is 62.4 Å². The molecule has 5 N–H and O–H groups in total. The molecule has 0 spiro atoms. The van der Waals surface area contributed by atoms with Gasteiger partial charge in [0.25, 0.3) is 0 Å². The summed E-state index contributed by atoms with van der Waals surface area (Å²) < 4.78 is 36.6. The first-order valence-corrected chi connectivity index (χ1v) is 26.2. The number of para-hydroxylation sites is 1. The Kier molecular flexibility index (Phi) is 20.0. The Morgan fingerprint density at radius 2 is 1.47 bits per heavy atom. The number of carbonyl (C=O) groups excluding carboxylic acids is 3. The van der Waals surface area contributed by atoms with Crippen LogP contribution in [0.15, 0.2) is 103 Å². The molecule has 1 saturated heterocycles. The zero-order chi connectivity index (χ0) is 53.2. The van der Waals surface area contributed by atoms with Crippen molar-refractivity contribution in [2.24, 2.45) is 5.92 Å². The molecule has 4 heterocycles. The van der Waals surface area contributed by atoms with Gasteiger partial charge >= 0.3 is 0 Å². The predicted molar refractivity (Wildman–Crippen MR) is 288 cm³/mol. The van der Waals surface area contributed by atoms with Crippen LogP contribution in [0, 0.1) is 5.92 Å². The Labute approximate surface area is 444 Å². The van der Waals surface area contributed by atoms with Crippen molar-refractivity contribution in [3.8, 4) is 28.5 Å². The number of rotatable bonds is 26. The Bertz CT molecular complexity index is 2810. The fourth-order valence-electron chi connectivity index (χ4n) is 9.52. The van der Waals surface area contributed by atoms with E-state index < -0.39 is 0 Å². The molecule has 2 aliphatic rings. The highest BCUT2D eigenvalue weighted by atomic mass is 16.6. The van der Waals surface area contributed by atoms with Crippen LogP contribution < -0.4 is 30.7 Å². The van der Waals surface area contributed by atoms with Gasteiger partial charge in [-0.3, -0.25) is 14.4 Å². The Morgan fingerprint density at radius 1 is 0.816 bits per heavy atom. The molecule has 0 radical (unpaired) electrons. The second-order valence-corrected chi connectivity index (χ2v) is 19.3. The lowest BCUT2D eigenvalue weighted by Crippen LogP contribution is -2.54. The van der Waals surface area contributed by atoms with Crippen molar-refractivity contribution < 1.29 is 47.9 Å². The van der Waals surface area contributed by atoms with Gasteiger partial charge < -0.3 is 59.7 Å². The third-order valence-electron chi connectivity index (χ3n) is 13.5. The van der Waals surface area contributed by atoms with Crippen molar-refractivity contribution in [2.45, 2.75) is 77.2 Å². The summed E-state index contributed by atoms with van der Waals surface area (Å²) in [6.07, 6.45) is 4.13. The minimum Gasteiger partial charge on any atom is -0.489 e. The maximum absolute atomic E-state index is 13.3. The zero-order valence-corrected chi connectivity index (χ0v) is 43.7. The quantitative estimate of drug-likeness (QED) is 0.0440. The second-order valence-electron chi connectivity index (χ2n) is 19.3. The Morgan fingerprint density at radius 3 is 2.17 bits per heavy atom. The van der Waals surface area contributed by atoms with Gasteiger partial charge in [-0.15, -0.1) is 0 Å². The number of aromatic nitrogens is 4. The summed E-state index contributed by atoms with van der Waals surface area (Å²) in [7, 11) is 1.92. The van der Waals surface area contributed by atoms with Crippen LogP contribution in [0.25, 0.3) is 22.3 Å². The van der Waals surface area contributed by atoms with Crippen molar-refractivity contribution >= 4 is 40.3 Å². The molecule has 2 aromatic heterocycles. The summed E-state index contributed by atoms with van der Waals surface area (Å²) in [5.41, 5.74) is 12.5. The van der Waals surface area contributed by atoms with E-state index in [9.17, 15) is 19.5 Å². The molecule has 6 aromatic rings. The summed E-state index contributed by atoms with van der Waals surface area (Å²) in [4.78, 5) is 51.5. The summed E-state index contributed by atoms with van der Waals surface area (Å²) in [6, 6.07) is 30.2. The average molecular weight is 1040 g/mol.